The summed E-state index contributed by atoms with van der Waals surface area (Å²) < 4.78 is 7.55. The first kappa shape index (κ1) is 19.1. The predicted molar refractivity (Wildman–Crippen MR) is 122 cm³/mol. The molecule has 0 saturated heterocycles. The van der Waals surface area contributed by atoms with Crippen LogP contribution in [0.15, 0.2) is 77.4 Å². The van der Waals surface area contributed by atoms with E-state index in [1.54, 1.807) is 0 Å². The minimum atomic E-state index is 0.690. The van der Waals surface area contributed by atoms with E-state index >= 15 is 0 Å². The highest BCUT2D eigenvalue weighted by molar-refractivity contribution is 5.81. The van der Waals surface area contributed by atoms with Gasteiger partial charge in [0, 0.05) is 23.9 Å². The molecule has 0 bridgehead atoms. The van der Waals surface area contributed by atoms with Crippen LogP contribution in [0.25, 0.3) is 22.3 Å². The van der Waals surface area contributed by atoms with E-state index in [-0.39, 0.29) is 0 Å². The van der Waals surface area contributed by atoms with Crippen molar-refractivity contribution in [3.05, 3.63) is 95.5 Å². The van der Waals surface area contributed by atoms with Crippen LogP contribution in [0.3, 0.4) is 0 Å². The van der Waals surface area contributed by atoms with Crippen molar-refractivity contribution in [1.29, 1.82) is 0 Å². The SMILES string of the molecule is Cc1noc(C)c1-c1cnc2nc(NCc3ccccc3)n(Cc3ccccc3)c2c1. The number of imidazole rings is 1. The lowest BCUT2D eigenvalue weighted by Gasteiger charge is -2.11. The van der Waals surface area contributed by atoms with E-state index < -0.39 is 0 Å². The second kappa shape index (κ2) is 8.07. The van der Waals surface area contributed by atoms with Gasteiger partial charge < -0.3 is 14.4 Å². The van der Waals surface area contributed by atoms with Crippen molar-refractivity contribution < 1.29 is 4.52 Å². The molecule has 0 aliphatic rings. The quantitative estimate of drug-likeness (QED) is 0.409. The molecular formula is C25H23N5O. The molecule has 0 saturated carbocycles. The van der Waals surface area contributed by atoms with Crippen molar-refractivity contribution in [3.63, 3.8) is 0 Å². The number of fused-ring (bicyclic) bond motifs is 1. The van der Waals surface area contributed by atoms with E-state index in [9.17, 15) is 0 Å². The molecule has 0 unspecified atom stereocenters. The highest BCUT2D eigenvalue weighted by atomic mass is 16.5. The minimum absolute atomic E-state index is 0.690. The fourth-order valence-corrected chi connectivity index (χ4v) is 3.88. The summed E-state index contributed by atoms with van der Waals surface area (Å²) in [5.74, 6) is 1.58. The van der Waals surface area contributed by atoms with Gasteiger partial charge >= 0.3 is 0 Å². The van der Waals surface area contributed by atoms with Crippen molar-refractivity contribution in [2.24, 2.45) is 0 Å². The standard InChI is InChI=1S/C25H23N5O/c1-17-23(18(2)31-29-17)21-13-22-24(26-15-21)28-25(27-14-19-9-5-3-6-10-19)30(22)16-20-11-7-4-8-12-20/h3-13,15H,14,16H2,1-2H3,(H,26,27,28). The summed E-state index contributed by atoms with van der Waals surface area (Å²) in [6, 6.07) is 22.8. The summed E-state index contributed by atoms with van der Waals surface area (Å²) in [4.78, 5) is 9.45. The van der Waals surface area contributed by atoms with Gasteiger partial charge in [0.05, 0.1) is 17.8 Å². The van der Waals surface area contributed by atoms with E-state index in [2.05, 4.69) is 62.5 Å². The van der Waals surface area contributed by atoms with Crippen molar-refractivity contribution in [2.75, 3.05) is 5.32 Å². The number of hydrogen-bond acceptors (Lipinski definition) is 5. The van der Waals surface area contributed by atoms with Gasteiger partial charge in [-0.25, -0.2) is 4.98 Å². The molecule has 6 nitrogen and oxygen atoms in total. The molecule has 3 aromatic heterocycles. The maximum Gasteiger partial charge on any atom is 0.206 e. The van der Waals surface area contributed by atoms with Crippen LogP contribution in [0.1, 0.15) is 22.6 Å². The molecule has 0 aliphatic heterocycles. The van der Waals surface area contributed by atoms with Gasteiger partial charge in [0.2, 0.25) is 5.95 Å². The molecule has 0 radical (unpaired) electrons. The average Bonchev–Trinajstić information content (AvgIpc) is 3.32. The van der Waals surface area contributed by atoms with Gasteiger partial charge in [-0.1, -0.05) is 65.8 Å². The van der Waals surface area contributed by atoms with Crippen molar-refractivity contribution in [3.8, 4) is 11.1 Å². The second-order valence-corrected chi connectivity index (χ2v) is 7.61. The zero-order valence-corrected chi connectivity index (χ0v) is 17.5. The van der Waals surface area contributed by atoms with Crippen LogP contribution >= 0.6 is 0 Å². The maximum atomic E-state index is 5.37. The predicted octanol–water partition coefficient (Wildman–Crippen LogP) is 5.36. The minimum Gasteiger partial charge on any atom is -0.361 e. The van der Waals surface area contributed by atoms with Gasteiger partial charge in [-0.05, 0) is 31.0 Å². The average molecular weight is 409 g/mol. The number of hydrogen-bond donors (Lipinski definition) is 1. The van der Waals surface area contributed by atoms with Crippen molar-refractivity contribution >= 4 is 17.1 Å². The Kier molecular flexibility index (Phi) is 4.96. The summed E-state index contributed by atoms with van der Waals surface area (Å²) in [5, 5.41) is 7.59. The molecule has 0 amide bonds. The number of rotatable bonds is 6. The third kappa shape index (κ3) is 3.80. The Bertz CT molecular complexity index is 1300. The summed E-state index contributed by atoms with van der Waals surface area (Å²) >= 11 is 0. The Balaban J connectivity index is 1.58. The van der Waals surface area contributed by atoms with E-state index in [4.69, 9.17) is 9.51 Å². The lowest BCUT2D eigenvalue weighted by molar-refractivity contribution is 0.393. The van der Waals surface area contributed by atoms with Crippen LogP contribution in [0.5, 0.6) is 0 Å². The third-order valence-corrected chi connectivity index (χ3v) is 5.40. The summed E-state index contributed by atoms with van der Waals surface area (Å²) in [6.07, 6.45) is 1.84. The Morgan fingerprint density at radius 2 is 1.65 bits per heavy atom. The zero-order valence-electron chi connectivity index (χ0n) is 17.5. The topological polar surface area (TPSA) is 68.8 Å². The smallest absolute Gasteiger partial charge is 0.206 e. The second-order valence-electron chi connectivity index (χ2n) is 7.61. The molecular weight excluding hydrogens is 386 g/mol. The van der Waals surface area contributed by atoms with Crippen LogP contribution in [0, 0.1) is 13.8 Å². The highest BCUT2D eigenvalue weighted by Crippen LogP contribution is 2.30. The molecule has 0 aliphatic carbocycles. The van der Waals surface area contributed by atoms with E-state index in [1.165, 1.54) is 11.1 Å². The van der Waals surface area contributed by atoms with Crippen LogP contribution in [-0.4, -0.2) is 19.7 Å². The van der Waals surface area contributed by atoms with Gasteiger partial charge in [-0.15, -0.1) is 0 Å². The molecule has 1 N–H and O–H groups in total. The molecule has 5 aromatic rings. The fourth-order valence-electron chi connectivity index (χ4n) is 3.88. The Morgan fingerprint density at radius 3 is 2.32 bits per heavy atom. The van der Waals surface area contributed by atoms with Gasteiger partial charge in [0.25, 0.3) is 0 Å². The molecule has 0 fully saturated rings. The molecule has 5 rings (SSSR count). The summed E-state index contributed by atoms with van der Waals surface area (Å²) in [6.45, 7) is 5.26. The number of aromatic nitrogens is 4. The number of pyridine rings is 1. The molecule has 0 spiro atoms. The molecule has 3 heterocycles. The van der Waals surface area contributed by atoms with E-state index in [0.717, 1.165) is 34.0 Å². The molecule has 154 valence electrons. The monoisotopic (exact) mass is 409 g/mol. The van der Waals surface area contributed by atoms with Crippen LogP contribution in [0.2, 0.25) is 0 Å². The fraction of sp³-hybridized carbons (Fsp3) is 0.160. The Labute approximate surface area is 180 Å². The van der Waals surface area contributed by atoms with Gasteiger partial charge in [0.15, 0.2) is 5.65 Å². The number of benzene rings is 2. The number of anilines is 1. The summed E-state index contributed by atoms with van der Waals surface area (Å²) in [5.41, 5.74) is 6.90. The number of nitrogens with one attached hydrogen (secondary N) is 1. The van der Waals surface area contributed by atoms with E-state index in [1.807, 2.05) is 44.3 Å². The van der Waals surface area contributed by atoms with E-state index in [0.29, 0.717) is 18.7 Å². The Hall–Kier alpha value is -3.93. The molecule has 2 aromatic carbocycles. The van der Waals surface area contributed by atoms with Gasteiger partial charge in [-0.3, -0.25) is 0 Å². The normalized spacial score (nSPS) is 11.2. The molecule has 6 heteroatoms. The van der Waals surface area contributed by atoms with Gasteiger partial charge in [-0.2, -0.15) is 4.98 Å². The largest absolute Gasteiger partial charge is 0.361 e. The Morgan fingerprint density at radius 1 is 0.935 bits per heavy atom. The van der Waals surface area contributed by atoms with Crippen molar-refractivity contribution in [2.45, 2.75) is 26.9 Å². The van der Waals surface area contributed by atoms with Crippen LogP contribution < -0.4 is 5.32 Å². The first-order valence-electron chi connectivity index (χ1n) is 10.3. The number of nitrogens with zero attached hydrogens (tertiary/aromatic N) is 4. The third-order valence-electron chi connectivity index (χ3n) is 5.40. The molecule has 31 heavy (non-hydrogen) atoms. The number of aryl methyl sites for hydroxylation is 2. The van der Waals surface area contributed by atoms with Crippen LogP contribution in [-0.2, 0) is 13.1 Å². The highest BCUT2D eigenvalue weighted by Gasteiger charge is 2.17. The molecule has 0 atom stereocenters. The zero-order chi connectivity index (χ0) is 21.2. The van der Waals surface area contributed by atoms with Crippen LogP contribution in [0.4, 0.5) is 5.95 Å². The lowest BCUT2D eigenvalue weighted by Crippen LogP contribution is -2.08. The maximum absolute atomic E-state index is 5.37. The first-order valence-corrected chi connectivity index (χ1v) is 10.3. The van der Waals surface area contributed by atoms with Gasteiger partial charge in [0.1, 0.15) is 5.76 Å². The lowest BCUT2D eigenvalue weighted by atomic mass is 10.1. The van der Waals surface area contributed by atoms with Crippen molar-refractivity contribution in [1.82, 2.24) is 19.7 Å². The first-order chi connectivity index (χ1) is 15.2. The summed E-state index contributed by atoms with van der Waals surface area (Å²) in [7, 11) is 0.